The summed E-state index contributed by atoms with van der Waals surface area (Å²) in [4.78, 5) is 40.3. The lowest BCUT2D eigenvalue weighted by Gasteiger charge is -2.20. The van der Waals surface area contributed by atoms with Crippen LogP contribution in [0.25, 0.3) is 5.69 Å². The van der Waals surface area contributed by atoms with Gasteiger partial charge in [-0.05, 0) is 50.2 Å². The molecule has 3 rings (SSSR count). The van der Waals surface area contributed by atoms with Crippen LogP contribution in [0.4, 0.5) is 4.79 Å². The van der Waals surface area contributed by atoms with Gasteiger partial charge in [-0.2, -0.15) is 0 Å². The zero-order valence-electron chi connectivity index (χ0n) is 20.6. The summed E-state index contributed by atoms with van der Waals surface area (Å²) in [5.41, 5.74) is 4.19. The Kier molecular flexibility index (Phi) is 9.03. The number of benzene rings is 1. The number of ketones is 1. The molecular weight excluding hydrogens is 450 g/mol. The van der Waals surface area contributed by atoms with Gasteiger partial charge in [-0.3, -0.25) is 9.59 Å². The lowest BCUT2D eigenvalue weighted by Crippen LogP contribution is -2.39. The first-order valence-corrected chi connectivity index (χ1v) is 12.2. The van der Waals surface area contributed by atoms with Crippen molar-refractivity contribution >= 4 is 17.8 Å². The number of hydrogen-bond acceptors (Lipinski definition) is 6. The summed E-state index contributed by atoms with van der Waals surface area (Å²) < 4.78 is 7.14. The molecule has 2 aromatic rings. The van der Waals surface area contributed by atoms with Gasteiger partial charge in [-0.1, -0.05) is 32.0 Å². The van der Waals surface area contributed by atoms with Gasteiger partial charge in [-0.15, -0.1) is 0 Å². The smallest absolute Gasteiger partial charge is 0.407 e. The lowest BCUT2D eigenvalue weighted by molar-refractivity contribution is -0.142. The first kappa shape index (κ1) is 26.4. The minimum absolute atomic E-state index is 0.101. The van der Waals surface area contributed by atoms with Crippen molar-refractivity contribution in [2.75, 3.05) is 6.54 Å². The van der Waals surface area contributed by atoms with Gasteiger partial charge in [0, 0.05) is 30.8 Å². The Bertz CT molecular complexity index is 1050. The summed E-state index contributed by atoms with van der Waals surface area (Å²) in [6.07, 6.45) is 1.73. The van der Waals surface area contributed by atoms with Crippen LogP contribution in [-0.4, -0.2) is 56.4 Å². The van der Waals surface area contributed by atoms with Gasteiger partial charge in [0.1, 0.15) is 12.2 Å². The highest BCUT2D eigenvalue weighted by molar-refractivity contribution is 5.84. The number of ether oxygens (including phenoxy) is 1. The average Bonchev–Trinajstić information content (AvgIpc) is 3.23. The number of amides is 1. The summed E-state index contributed by atoms with van der Waals surface area (Å²) in [5, 5.41) is 22.3. The van der Waals surface area contributed by atoms with Crippen LogP contribution in [0.1, 0.15) is 57.0 Å². The lowest BCUT2D eigenvalue weighted by atomic mass is 9.94. The number of nitrogens with zero attached hydrogens (tertiary/aromatic N) is 2. The van der Waals surface area contributed by atoms with Crippen molar-refractivity contribution < 1.29 is 29.3 Å². The summed E-state index contributed by atoms with van der Waals surface area (Å²) in [6.45, 7) is 5.42. The number of para-hydroxylation sites is 1. The number of imidazole rings is 1. The fraction of sp³-hybridized carbons (Fsp3) is 0.538. The van der Waals surface area contributed by atoms with Crippen LogP contribution < -0.4 is 5.32 Å². The van der Waals surface area contributed by atoms with Gasteiger partial charge in [0.15, 0.2) is 5.78 Å². The Morgan fingerprint density at radius 1 is 1.17 bits per heavy atom. The molecule has 3 N–H and O–H groups in total. The summed E-state index contributed by atoms with van der Waals surface area (Å²) in [7, 11) is 0. The maximum atomic E-state index is 12.0. The SMILES string of the molecule is CC(C)CC(=O)C(O)C(C)OC(=O)NCCC[C@@H](Cc1ncn2c1CCc1ccccc1-2)C(=O)O. The molecular formula is C26H35N3O6. The van der Waals surface area contributed by atoms with E-state index in [9.17, 15) is 24.6 Å². The van der Waals surface area contributed by atoms with E-state index >= 15 is 0 Å². The highest BCUT2D eigenvalue weighted by Gasteiger charge is 2.27. The number of alkyl carbamates (subject to hydrolysis) is 1. The van der Waals surface area contributed by atoms with Crippen molar-refractivity contribution in [1.82, 2.24) is 14.9 Å². The number of aliphatic hydroxyl groups is 1. The molecule has 0 aliphatic carbocycles. The Balaban J connectivity index is 1.47. The minimum atomic E-state index is -1.37. The Labute approximate surface area is 205 Å². The molecule has 3 atom stereocenters. The molecule has 35 heavy (non-hydrogen) atoms. The molecule has 2 unspecified atom stereocenters. The number of hydrogen-bond donors (Lipinski definition) is 3. The van der Waals surface area contributed by atoms with E-state index in [0.29, 0.717) is 19.3 Å². The second-order valence-electron chi connectivity index (χ2n) is 9.56. The van der Waals surface area contributed by atoms with Crippen molar-refractivity contribution in [1.29, 1.82) is 0 Å². The number of aliphatic carboxylic acids is 1. The highest BCUT2D eigenvalue weighted by Crippen LogP contribution is 2.28. The zero-order chi connectivity index (χ0) is 25.5. The van der Waals surface area contributed by atoms with Crippen LogP contribution in [-0.2, 0) is 33.6 Å². The second kappa shape index (κ2) is 12.0. The number of nitrogens with one attached hydrogen (secondary N) is 1. The van der Waals surface area contributed by atoms with E-state index in [1.54, 1.807) is 6.33 Å². The van der Waals surface area contributed by atoms with Crippen molar-refractivity contribution in [3.05, 3.63) is 47.5 Å². The molecule has 1 aromatic carbocycles. The molecule has 1 aliphatic heterocycles. The van der Waals surface area contributed by atoms with Crippen molar-refractivity contribution in [2.24, 2.45) is 11.8 Å². The number of carboxylic acids is 1. The molecule has 1 aromatic heterocycles. The third-order valence-electron chi connectivity index (χ3n) is 6.30. The number of carboxylic acid groups (broad SMARTS) is 1. The van der Waals surface area contributed by atoms with Crippen LogP contribution in [0.5, 0.6) is 0 Å². The maximum Gasteiger partial charge on any atom is 0.407 e. The number of carbonyl (C=O) groups is 3. The number of aryl methyl sites for hydroxylation is 1. The summed E-state index contributed by atoms with van der Waals surface area (Å²) in [5.74, 6) is -1.79. The van der Waals surface area contributed by atoms with Crippen molar-refractivity contribution in [3.8, 4) is 5.69 Å². The molecule has 0 radical (unpaired) electrons. The van der Waals surface area contributed by atoms with E-state index in [1.165, 1.54) is 12.5 Å². The first-order chi connectivity index (χ1) is 16.7. The minimum Gasteiger partial charge on any atom is -0.481 e. The van der Waals surface area contributed by atoms with Gasteiger partial charge in [0.05, 0.1) is 17.9 Å². The molecule has 0 saturated heterocycles. The van der Waals surface area contributed by atoms with E-state index in [4.69, 9.17) is 4.74 Å². The molecule has 0 saturated carbocycles. The zero-order valence-corrected chi connectivity index (χ0v) is 20.6. The van der Waals surface area contributed by atoms with Gasteiger partial charge in [0.25, 0.3) is 0 Å². The number of rotatable bonds is 12. The van der Waals surface area contributed by atoms with Gasteiger partial charge >= 0.3 is 12.1 Å². The van der Waals surface area contributed by atoms with Crippen LogP contribution in [0.15, 0.2) is 30.6 Å². The van der Waals surface area contributed by atoms with E-state index < -0.39 is 30.2 Å². The maximum absolute atomic E-state index is 12.0. The summed E-state index contributed by atoms with van der Waals surface area (Å²) in [6, 6.07) is 8.14. The van der Waals surface area contributed by atoms with Crippen molar-refractivity contribution in [2.45, 2.75) is 71.5 Å². The molecule has 0 bridgehead atoms. The van der Waals surface area contributed by atoms with Gasteiger partial charge < -0.3 is 24.8 Å². The average molecular weight is 486 g/mol. The van der Waals surface area contributed by atoms with Crippen LogP contribution >= 0.6 is 0 Å². The second-order valence-corrected chi connectivity index (χ2v) is 9.56. The van der Waals surface area contributed by atoms with Gasteiger partial charge in [-0.25, -0.2) is 9.78 Å². The molecule has 0 fully saturated rings. The van der Waals surface area contributed by atoms with E-state index in [0.717, 1.165) is 29.9 Å². The topological polar surface area (TPSA) is 131 Å². The molecule has 1 aliphatic rings. The normalized spacial score (nSPS) is 15.0. The largest absolute Gasteiger partial charge is 0.481 e. The Morgan fingerprint density at radius 3 is 2.63 bits per heavy atom. The first-order valence-electron chi connectivity index (χ1n) is 12.2. The Hall–Kier alpha value is -3.20. The third kappa shape index (κ3) is 6.91. The number of carbonyl (C=O) groups excluding carboxylic acids is 2. The van der Waals surface area contributed by atoms with E-state index in [1.807, 2.05) is 36.6 Å². The number of fused-ring (bicyclic) bond motifs is 3. The van der Waals surface area contributed by atoms with Crippen LogP contribution in [0.2, 0.25) is 0 Å². The standard InChI is InChI=1S/C26H35N3O6/c1-16(2)13-23(30)24(31)17(3)35-26(34)27-12-6-8-19(25(32)33)14-20-22-11-10-18-7-4-5-9-21(18)29(22)15-28-20/h4-5,7,9,15-17,19,24,31H,6,8,10-14H2,1-3H3,(H,27,34)(H,32,33)/t17?,19-,24?/m0/s1. The molecule has 9 heteroatoms. The van der Waals surface area contributed by atoms with Crippen LogP contribution in [0.3, 0.4) is 0 Å². The van der Waals surface area contributed by atoms with Crippen LogP contribution in [0, 0.1) is 11.8 Å². The molecule has 190 valence electrons. The number of aromatic nitrogens is 2. The quantitative estimate of drug-likeness (QED) is 0.394. The van der Waals surface area contributed by atoms with E-state index in [-0.39, 0.29) is 24.7 Å². The number of aliphatic hydroxyl groups excluding tert-OH is 1. The van der Waals surface area contributed by atoms with E-state index in [2.05, 4.69) is 16.4 Å². The monoisotopic (exact) mass is 485 g/mol. The predicted molar refractivity (Wildman–Crippen MR) is 129 cm³/mol. The third-order valence-corrected chi connectivity index (χ3v) is 6.30. The molecule has 0 spiro atoms. The molecule has 9 nitrogen and oxygen atoms in total. The van der Waals surface area contributed by atoms with Gasteiger partial charge in [0.2, 0.25) is 0 Å². The molecule has 1 amide bonds. The van der Waals surface area contributed by atoms with Crippen molar-refractivity contribution in [3.63, 3.8) is 0 Å². The molecule has 2 heterocycles. The fourth-order valence-corrected chi connectivity index (χ4v) is 4.41. The highest BCUT2D eigenvalue weighted by atomic mass is 16.6. The number of Topliss-reactive ketones (excluding diaryl/α,β-unsaturated/α-hetero) is 1. The fourth-order valence-electron chi connectivity index (χ4n) is 4.41. The Morgan fingerprint density at radius 2 is 1.91 bits per heavy atom. The predicted octanol–water partition coefficient (Wildman–Crippen LogP) is 3.09. The summed E-state index contributed by atoms with van der Waals surface area (Å²) >= 11 is 0.